The number of ether oxygens (including phenoxy) is 1. The van der Waals surface area contributed by atoms with E-state index in [0.29, 0.717) is 59.7 Å². The second-order valence-corrected chi connectivity index (χ2v) is 16.5. The van der Waals surface area contributed by atoms with Gasteiger partial charge in [0.2, 0.25) is 0 Å². The van der Waals surface area contributed by atoms with Crippen LogP contribution >= 0.6 is 50.2 Å². The van der Waals surface area contributed by atoms with Crippen molar-refractivity contribution in [2.45, 2.75) is 31.5 Å². The Balaban J connectivity index is 1.35. The Morgan fingerprint density at radius 1 is 1.06 bits per heavy atom. The number of carbonyl (C=O) groups is 1. The van der Waals surface area contributed by atoms with E-state index in [0.717, 1.165) is 31.4 Å². The van der Waals surface area contributed by atoms with Gasteiger partial charge in [0.15, 0.2) is 6.29 Å². The van der Waals surface area contributed by atoms with Gasteiger partial charge < -0.3 is 19.6 Å². The number of amides is 1. The molecule has 6 rings (SSSR count). The minimum atomic E-state index is -4.08. The van der Waals surface area contributed by atoms with E-state index in [9.17, 15) is 18.3 Å². The van der Waals surface area contributed by atoms with Gasteiger partial charge in [-0.05, 0) is 101 Å². The number of benzene rings is 3. The second-order valence-electron chi connectivity index (χ2n) is 11.3. The van der Waals surface area contributed by atoms with Crippen molar-refractivity contribution in [2.75, 3.05) is 48.5 Å². The predicted octanol–water partition coefficient (Wildman–Crippen LogP) is 8.11. The normalized spacial score (nSPS) is 14.4. The minimum absolute atomic E-state index is 0.00944. The van der Waals surface area contributed by atoms with Gasteiger partial charge in [0.1, 0.15) is 4.88 Å². The number of hydrogen-bond acceptors (Lipinski definition) is 8. The van der Waals surface area contributed by atoms with Crippen LogP contribution in [0.2, 0.25) is 5.02 Å². The number of anilines is 2. The molecule has 0 spiro atoms. The average molecular weight is 789 g/mol. The molecule has 1 saturated heterocycles. The molecule has 1 aliphatic rings. The minimum Gasteiger partial charge on any atom is -0.366 e. The standard InChI is InChI=1S/C35H35BrClN3O5S3/c1-3-45-35(42)32-23(2)26-22-25(12-13-31(26)47-32)48(43,44)40(16-14-24-8-4-5-9-28(24)37)30-11-7-6-10-29(30)38-17-19-39(20-18-38)34(41)33-27(36)15-21-46-33/h4-13,15,21-22,35,42H,3,14,16-20H2,1-2H3. The fourth-order valence-electron chi connectivity index (χ4n) is 5.95. The first-order valence-electron chi connectivity index (χ1n) is 15.5. The van der Waals surface area contributed by atoms with E-state index in [1.54, 1.807) is 24.3 Å². The molecule has 2 aromatic heterocycles. The van der Waals surface area contributed by atoms with Crippen LogP contribution in [0.3, 0.4) is 0 Å². The summed E-state index contributed by atoms with van der Waals surface area (Å²) in [6, 6.07) is 22.0. The molecular formula is C35H35BrClN3O5S3. The van der Waals surface area contributed by atoms with Crippen molar-refractivity contribution in [1.82, 2.24) is 4.90 Å². The summed E-state index contributed by atoms with van der Waals surface area (Å²) in [5.74, 6) is -0.00944. The number of aryl methyl sites for hydroxylation is 1. The lowest BCUT2D eigenvalue weighted by Gasteiger charge is -2.38. The third-order valence-electron chi connectivity index (χ3n) is 8.49. The Hall–Kier alpha value is -2.97. The number of rotatable bonds is 11. The summed E-state index contributed by atoms with van der Waals surface area (Å²) in [5.41, 5.74) is 2.97. The van der Waals surface area contributed by atoms with Crippen LogP contribution < -0.4 is 9.21 Å². The summed E-state index contributed by atoms with van der Waals surface area (Å²) in [6.45, 7) is 6.31. The monoisotopic (exact) mass is 787 g/mol. The molecule has 0 saturated carbocycles. The first-order valence-corrected chi connectivity index (χ1v) is 19.9. The van der Waals surface area contributed by atoms with E-state index in [4.69, 9.17) is 16.3 Å². The zero-order valence-electron chi connectivity index (χ0n) is 26.4. The van der Waals surface area contributed by atoms with Gasteiger partial charge in [-0.1, -0.05) is 41.9 Å². The summed E-state index contributed by atoms with van der Waals surface area (Å²) in [5, 5.41) is 13.8. The molecule has 1 N–H and O–H groups in total. The van der Waals surface area contributed by atoms with Gasteiger partial charge in [0, 0.05) is 53.5 Å². The number of carbonyl (C=O) groups excluding carboxylic acids is 1. The van der Waals surface area contributed by atoms with Gasteiger partial charge >= 0.3 is 0 Å². The molecule has 1 fully saturated rings. The van der Waals surface area contributed by atoms with E-state index in [2.05, 4.69) is 20.8 Å². The third kappa shape index (κ3) is 7.02. The van der Waals surface area contributed by atoms with Gasteiger partial charge in [-0.2, -0.15) is 0 Å². The molecule has 13 heteroatoms. The Morgan fingerprint density at radius 2 is 1.79 bits per heavy atom. The van der Waals surface area contributed by atoms with E-state index >= 15 is 0 Å². The Labute approximate surface area is 302 Å². The van der Waals surface area contributed by atoms with Crippen LogP contribution in [0.25, 0.3) is 10.1 Å². The first-order chi connectivity index (χ1) is 23.1. The van der Waals surface area contributed by atoms with Crippen molar-refractivity contribution >= 4 is 87.6 Å². The van der Waals surface area contributed by atoms with Crippen LogP contribution in [0.15, 0.2) is 87.5 Å². The number of hydrogen-bond donors (Lipinski definition) is 1. The molecule has 5 aromatic rings. The summed E-state index contributed by atoms with van der Waals surface area (Å²) >= 11 is 12.8. The fourth-order valence-corrected chi connectivity index (χ4v) is 10.3. The first kappa shape index (κ1) is 34.9. The Kier molecular flexibility index (Phi) is 10.8. The smallest absolute Gasteiger partial charge is 0.265 e. The molecule has 252 valence electrons. The molecule has 8 nitrogen and oxygen atoms in total. The van der Waals surface area contributed by atoms with Crippen molar-refractivity contribution < 1.29 is 23.1 Å². The lowest BCUT2D eigenvalue weighted by molar-refractivity contribution is -0.0958. The average Bonchev–Trinajstić information content (AvgIpc) is 3.67. The molecule has 1 unspecified atom stereocenters. The van der Waals surface area contributed by atoms with Gasteiger partial charge in [-0.15, -0.1) is 22.7 Å². The number of para-hydroxylation sites is 2. The maximum Gasteiger partial charge on any atom is 0.265 e. The molecule has 0 radical (unpaired) electrons. The lowest BCUT2D eigenvalue weighted by Crippen LogP contribution is -2.49. The molecule has 3 heterocycles. The van der Waals surface area contributed by atoms with Crippen molar-refractivity contribution in [3.63, 3.8) is 0 Å². The molecular weight excluding hydrogens is 754 g/mol. The van der Waals surface area contributed by atoms with Crippen molar-refractivity contribution in [1.29, 1.82) is 0 Å². The number of aliphatic hydroxyl groups is 1. The van der Waals surface area contributed by atoms with E-state index in [1.807, 2.05) is 72.7 Å². The molecule has 0 bridgehead atoms. The number of piperazine rings is 1. The summed E-state index contributed by atoms with van der Waals surface area (Å²) < 4.78 is 38.0. The maximum atomic E-state index is 14.7. The van der Waals surface area contributed by atoms with E-state index in [1.165, 1.54) is 27.0 Å². The van der Waals surface area contributed by atoms with Crippen LogP contribution in [0.1, 0.15) is 38.9 Å². The molecule has 1 amide bonds. The van der Waals surface area contributed by atoms with Gasteiger partial charge in [0.05, 0.1) is 21.1 Å². The Bertz CT molecular complexity index is 2040. The topological polar surface area (TPSA) is 90.4 Å². The quantitative estimate of drug-likeness (QED) is 0.136. The SMILES string of the molecule is CCOC(O)c1sc2ccc(S(=O)(=O)N(CCc3ccccc3Cl)c3ccccc3N3CCN(C(=O)c4sccc4Br)CC3)cc2c1C. The van der Waals surface area contributed by atoms with Crippen LogP contribution in [0.4, 0.5) is 11.4 Å². The lowest BCUT2D eigenvalue weighted by atomic mass is 10.1. The highest BCUT2D eigenvalue weighted by molar-refractivity contribution is 9.10. The summed E-state index contributed by atoms with van der Waals surface area (Å²) in [7, 11) is -4.08. The zero-order chi connectivity index (χ0) is 34.0. The van der Waals surface area contributed by atoms with Crippen molar-refractivity contribution in [3.05, 3.63) is 109 Å². The molecule has 3 aromatic carbocycles. The van der Waals surface area contributed by atoms with Gasteiger partial charge in [-0.3, -0.25) is 9.10 Å². The summed E-state index contributed by atoms with van der Waals surface area (Å²) in [6.07, 6.45) is -0.677. The molecule has 48 heavy (non-hydrogen) atoms. The van der Waals surface area contributed by atoms with Gasteiger partial charge in [0.25, 0.3) is 15.9 Å². The van der Waals surface area contributed by atoms with E-state index < -0.39 is 16.3 Å². The highest BCUT2D eigenvalue weighted by atomic mass is 79.9. The highest BCUT2D eigenvalue weighted by Crippen LogP contribution is 2.39. The van der Waals surface area contributed by atoms with Gasteiger partial charge in [-0.25, -0.2) is 8.42 Å². The zero-order valence-corrected chi connectivity index (χ0v) is 31.2. The molecule has 1 aliphatic heterocycles. The molecule has 1 atom stereocenters. The maximum absolute atomic E-state index is 14.7. The Morgan fingerprint density at radius 3 is 2.50 bits per heavy atom. The number of sulfonamides is 1. The number of halogens is 2. The van der Waals surface area contributed by atoms with Crippen LogP contribution in [-0.4, -0.2) is 63.7 Å². The molecule has 0 aliphatic carbocycles. The predicted molar refractivity (Wildman–Crippen MR) is 199 cm³/mol. The van der Waals surface area contributed by atoms with Crippen LogP contribution in [0, 0.1) is 6.92 Å². The van der Waals surface area contributed by atoms with Crippen LogP contribution in [0.5, 0.6) is 0 Å². The second kappa shape index (κ2) is 14.9. The van der Waals surface area contributed by atoms with E-state index in [-0.39, 0.29) is 17.3 Å². The number of aliphatic hydroxyl groups excluding tert-OH is 1. The summed E-state index contributed by atoms with van der Waals surface area (Å²) in [4.78, 5) is 18.7. The number of fused-ring (bicyclic) bond motifs is 1. The number of nitrogens with zero attached hydrogens (tertiary/aromatic N) is 3. The van der Waals surface area contributed by atoms with Crippen LogP contribution in [-0.2, 0) is 21.2 Å². The largest absolute Gasteiger partial charge is 0.366 e. The number of thiophene rings is 2. The third-order valence-corrected chi connectivity index (χ3v) is 13.8. The van der Waals surface area contributed by atoms with Crippen molar-refractivity contribution in [3.8, 4) is 0 Å². The fraction of sp³-hybridized carbons (Fsp3) is 0.286. The highest BCUT2D eigenvalue weighted by Gasteiger charge is 2.31. The van der Waals surface area contributed by atoms with Crippen molar-refractivity contribution in [2.24, 2.45) is 0 Å².